The van der Waals surface area contributed by atoms with E-state index in [-0.39, 0.29) is 5.91 Å². The summed E-state index contributed by atoms with van der Waals surface area (Å²) in [6.07, 6.45) is 3.59. The summed E-state index contributed by atoms with van der Waals surface area (Å²) in [6, 6.07) is 7.84. The van der Waals surface area contributed by atoms with E-state index in [1.165, 1.54) is 6.92 Å². The summed E-state index contributed by atoms with van der Waals surface area (Å²) in [5, 5.41) is 3.74. The summed E-state index contributed by atoms with van der Waals surface area (Å²) in [5.74, 6) is -0.0130. The van der Waals surface area contributed by atoms with Gasteiger partial charge in [0.15, 0.2) is 6.29 Å². The Kier molecular flexibility index (Phi) is 3.77. The molecule has 1 aromatic carbocycles. The molecular formula is C14H16N2O2. The Labute approximate surface area is 106 Å². The fourth-order valence-corrected chi connectivity index (χ4v) is 2.07. The summed E-state index contributed by atoms with van der Waals surface area (Å²) in [5.41, 5.74) is 1.77. The second-order valence-electron chi connectivity index (χ2n) is 4.25. The minimum absolute atomic E-state index is 0.0130. The number of carbonyl (C=O) groups excluding carboxylic acids is 2. The van der Waals surface area contributed by atoms with Crippen LogP contribution in [0.1, 0.15) is 23.7 Å². The number of aryl methyl sites for hydroxylation is 1. The average Bonchev–Trinajstić information content (AvgIpc) is 2.73. The molecule has 0 bridgehead atoms. The van der Waals surface area contributed by atoms with Crippen LogP contribution in [0.3, 0.4) is 0 Å². The number of aldehydes is 1. The van der Waals surface area contributed by atoms with Crippen molar-refractivity contribution in [1.29, 1.82) is 0 Å². The fraction of sp³-hybridized carbons (Fsp3) is 0.286. The zero-order valence-corrected chi connectivity index (χ0v) is 10.3. The van der Waals surface area contributed by atoms with Crippen molar-refractivity contribution in [3.8, 4) is 0 Å². The van der Waals surface area contributed by atoms with Crippen molar-refractivity contribution in [1.82, 2.24) is 9.88 Å². The smallest absolute Gasteiger partial charge is 0.216 e. The van der Waals surface area contributed by atoms with Crippen molar-refractivity contribution in [3.63, 3.8) is 0 Å². The number of aromatic nitrogens is 1. The second-order valence-corrected chi connectivity index (χ2v) is 4.25. The average molecular weight is 244 g/mol. The number of benzene rings is 1. The molecule has 0 atom stereocenters. The highest BCUT2D eigenvalue weighted by molar-refractivity contribution is 5.97. The standard InChI is InChI=1S/C14H16N2O2/c1-11(18)15-7-4-8-16-9-12(10-17)13-5-2-3-6-14(13)16/h2-3,5-6,9-10H,4,7-8H2,1H3,(H,15,18). The van der Waals surface area contributed by atoms with Crippen LogP contribution in [0.4, 0.5) is 0 Å². The number of rotatable bonds is 5. The second kappa shape index (κ2) is 5.49. The van der Waals surface area contributed by atoms with Crippen LogP contribution in [0, 0.1) is 0 Å². The van der Waals surface area contributed by atoms with E-state index in [0.29, 0.717) is 12.1 Å². The molecular weight excluding hydrogens is 228 g/mol. The third-order valence-electron chi connectivity index (χ3n) is 2.90. The van der Waals surface area contributed by atoms with Crippen molar-refractivity contribution in [2.45, 2.75) is 19.9 Å². The Morgan fingerprint density at radius 1 is 1.39 bits per heavy atom. The quantitative estimate of drug-likeness (QED) is 0.646. The number of carbonyl (C=O) groups is 2. The van der Waals surface area contributed by atoms with Gasteiger partial charge in [0.05, 0.1) is 0 Å². The van der Waals surface area contributed by atoms with Crippen molar-refractivity contribution in [2.75, 3.05) is 6.54 Å². The van der Waals surface area contributed by atoms with Crippen molar-refractivity contribution in [3.05, 3.63) is 36.0 Å². The van der Waals surface area contributed by atoms with Crippen molar-refractivity contribution >= 4 is 23.1 Å². The summed E-state index contributed by atoms with van der Waals surface area (Å²) >= 11 is 0. The lowest BCUT2D eigenvalue weighted by Crippen LogP contribution is -2.21. The van der Waals surface area contributed by atoms with E-state index in [4.69, 9.17) is 0 Å². The van der Waals surface area contributed by atoms with Gasteiger partial charge in [0.1, 0.15) is 0 Å². The molecule has 0 unspecified atom stereocenters. The molecule has 0 saturated heterocycles. The molecule has 1 amide bonds. The van der Waals surface area contributed by atoms with E-state index < -0.39 is 0 Å². The molecule has 4 nitrogen and oxygen atoms in total. The highest BCUT2D eigenvalue weighted by atomic mass is 16.1. The molecule has 0 radical (unpaired) electrons. The Bertz CT molecular complexity index is 572. The van der Waals surface area contributed by atoms with Gasteiger partial charge in [-0.25, -0.2) is 0 Å². The van der Waals surface area contributed by atoms with E-state index >= 15 is 0 Å². The maximum Gasteiger partial charge on any atom is 0.216 e. The number of nitrogens with one attached hydrogen (secondary N) is 1. The third kappa shape index (κ3) is 2.59. The molecule has 2 aromatic rings. The number of fused-ring (bicyclic) bond motifs is 1. The zero-order chi connectivity index (χ0) is 13.0. The first-order valence-electron chi connectivity index (χ1n) is 6.00. The predicted molar refractivity (Wildman–Crippen MR) is 70.6 cm³/mol. The molecule has 18 heavy (non-hydrogen) atoms. The van der Waals surface area contributed by atoms with E-state index in [9.17, 15) is 9.59 Å². The molecule has 4 heteroatoms. The molecule has 0 saturated carbocycles. The van der Waals surface area contributed by atoms with Gasteiger partial charge in [-0.3, -0.25) is 9.59 Å². The van der Waals surface area contributed by atoms with Crippen LogP contribution in [-0.4, -0.2) is 23.3 Å². The lowest BCUT2D eigenvalue weighted by molar-refractivity contribution is -0.118. The highest BCUT2D eigenvalue weighted by Crippen LogP contribution is 2.19. The van der Waals surface area contributed by atoms with Gasteiger partial charge >= 0.3 is 0 Å². The lowest BCUT2D eigenvalue weighted by Gasteiger charge is -2.05. The zero-order valence-electron chi connectivity index (χ0n) is 10.3. The molecule has 1 aromatic heterocycles. The predicted octanol–water partition coefficient (Wildman–Crippen LogP) is 1.98. The van der Waals surface area contributed by atoms with Gasteiger partial charge < -0.3 is 9.88 Å². The molecule has 2 rings (SSSR count). The first-order chi connectivity index (χ1) is 8.72. The van der Waals surface area contributed by atoms with Gasteiger partial charge in [0.25, 0.3) is 0 Å². The van der Waals surface area contributed by atoms with Gasteiger partial charge in [0, 0.05) is 42.7 Å². The topological polar surface area (TPSA) is 51.1 Å². The Hall–Kier alpha value is -2.10. The van der Waals surface area contributed by atoms with Crippen LogP contribution in [0.2, 0.25) is 0 Å². The monoisotopic (exact) mass is 244 g/mol. The summed E-state index contributed by atoms with van der Waals surface area (Å²) < 4.78 is 2.06. The minimum Gasteiger partial charge on any atom is -0.356 e. The van der Waals surface area contributed by atoms with Crippen LogP contribution in [0.5, 0.6) is 0 Å². The molecule has 0 fully saturated rings. The van der Waals surface area contributed by atoms with Gasteiger partial charge in [0.2, 0.25) is 5.91 Å². The van der Waals surface area contributed by atoms with E-state index in [2.05, 4.69) is 9.88 Å². The van der Waals surface area contributed by atoms with Crippen molar-refractivity contribution in [2.24, 2.45) is 0 Å². The van der Waals surface area contributed by atoms with Crippen molar-refractivity contribution < 1.29 is 9.59 Å². The van der Waals surface area contributed by atoms with Gasteiger partial charge in [-0.15, -0.1) is 0 Å². The first kappa shape index (κ1) is 12.4. The Morgan fingerprint density at radius 3 is 2.89 bits per heavy atom. The molecule has 0 aliphatic heterocycles. The Balaban J connectivity index is 2.13. The van der Waals surface area contributed by atoms with Crippen LogP contribution in [0.15, 0.2) is 30.5 Å². The summed E-state index contributed by atoms with van der Waals surface area (Å²) in [4.78, 5) is 21.7. The first-order valence-corrected chi connectivity index (χ1v) is 6.00. The van der Waals surface area contributed by atoms with Crippen LogP contribution in [0.25, 0.3) is 10.9 Å². The number of hydrogen-bond acceptors (Lipinski definition) is 2. The maximum atomic E-state index is 11.0. The van der Waals surface area contributed by atoms with Crippen LogP contribution < -0.4 is 5.32 Å². The lowest BCUT2D eigenvalue weighted by atomic mass is 10.2. The van der Waals surface area contributed by atoms with E-state index in [1.807, 2.05) is 30.5 Å². The molecule has 0 aliphatic carbocycles. The van der Waals surface area contributed by atoms with Gasteiger partial charge in [-0.05, 0) is 12.5 Å². The highest BCUT2D eigenvalue weighted by Gasteiger charge is 2.06. The van der Waals surface area contributed by atoms with E-state index in [0.717, 1.165) is 30.2 Å². The normalized spacial score (nSPS) is 10.5. The van der Waals surface area contributed by atoms with Crippen LogP contribution in [-0.2, 0) is 11.3 Å². The number of para-hydroxylation sites is 1. The maximum absolute atomic E-state index is 11.0. The Morgan fingerprint density at radius 2 is 2.17 bits per heavy atom. The summed E-state index contributed by atoms with van der Waals surface area (Å²) in [7, 11) is 0. The molecule has 0 aliphatic rings. The largest absolute Gasteiger partial charge is 0.356 e. The number of hydrogen-bond donors (Lipinski definition) is 1. The molecule has 1 heterocycles. The minimum atomic E-state index is -0.0130. The molecule has 0 spiro atoms. The van der Waals surface area contributed by atoms with Gasteiger partial charge in [-0.2, -0.15) is 0 Å². The SMILES string of the molecule is CC(=O)NCCCn1cc(C=O)c2ccccc21. The third-order valence-corrected chi connectivity index (χ3v) is 2.90. The fourth-order valence-electron chi connectivity index (χ4n) is 2.07. The van der Waals surface area contributed by atoms with E-state index in [1.54, 1.807) is 0 Å². The molecule has 1 N–H and O–H groups in total. The van der Waals surface area contributed by atoms with Gasteiger partial charge in [-0.1, -0.05) is 18.2 Å². The number of amides is 1. The number of nitrogens with zero attached hydrogens (tertiary/aromatic N) is 1. The molecule has 94 valence electrons. The van der Waals surface area contributed by atoms with Crippen LogP contribution >= 0.6 is 0 Å². The summed E-state index contributed by atoms with van der Waals surface area (Å²) in [6.45, 7) is 2.95.